The van der Waals surface area contributed by atoms with Crippen molar-refractivity contribution in [2.24, 2.45) is 0 Å². The van der Waals surface area contributed by atoms with E-state index in [1.165, 1.54) is 11.3 Å². The van der Waals surface area contributed by atoms with Crippen LogP contribution in [0.25, 0.3) is 0 Å². The third-order valence-corrected chi connectivity index (χ3v) is 4.52. The number of hydrogen-bond donors (Lipinski definition) is 2. The minimum absolute atomic E-state index is 0.182. The number of carboxylic acids is 1. The molecule has 2 aromatic heterocycles. The molecular formula is C12H12N2O3S2. The fourth-order valence-electron chi connectivity index (χ4n) is 1.54. The second kappa shape index (κ2) is 5.50. The van der Waals surface area contributed by atoms with Crippen LogP contribution >= 0.6 is 22.7 Å². The summed E-state index contributed by atoms with van der Waals surface area (Å²) in [5, 5.41) is 16.0. The van der Waals surface area contributed by atoms with Crippen LogP contribution in [-0.4, -0.2) is 22.0 Å². The van der Waals surface area contributed by atoms with Gasteiger partial charge in [0.1, 0.15) is 9.88 Å². The molecular weight excluding hydrogens is 284 g/mol. The van der Waals surface area contributed by atoms with Gasteiger partial charge in [-0.05, 0) is 25.3 Å². The van der Waals surface area contributed by atoms with Crippen molar-refractivity contribution >= 4 is 34.6 Å². The fourth-order valence-corrected chi connectivity index (χ4v) is 3.08. The molecule has 0 saturated heterocycles. The number of aromatic carboxylic acids is 1. The molecule has 0 aromatic carbocycles. The number of carboxylic acid groups (broad SMARTS) is 1. The van der Waals surface area contributed by atoms with E-state index in [1.807, 2.05) is 5.38 Å². The van der Waals surface area contributed by atoms with E-state index in [1.54, 1.807) is 25.3 Å². The maximum atomic E-state index is 11.9. The van der Waals surface area contributed by atoms with Gasteiger partial charge < -0.3 is 10.4 Å². The monoisotopic (exact) mass is 296 g/mol. The highest BCUT2D eigenvalue weighted by molar-refractivity contribution is 7.13. The molecule has 0 saturated carbocycles. The molecule has 2 N–H and O–H groups in total. The molecule has 0 fully saturated rings. The molecule has 7 heteroatoms. The average molecular weight is 296 g/mol. The van der Waals surface area contributed by atoms with Crippen LogP contribution in [0.3, 0.4) is 0 Å². The molecule has 19 heavy (non-hydrogen) atoms. The zero-order valence-corrected chi connectivity index (χ0v) is 12.0. The molecule has 0 radical (unpaired) electrons. The first kappa shape index (κ1) is 13.7. The van der Waals surface area contributed by atoms with Crippen molar-refractivity contribution in [1.29, 1.82) is 0 Å². The van der Waals surface area contributed by atoms with Crippen LogP contribution in [0.4, 0.5) is 0 Å². The molecule has 100 valence electrons. The molecule has 0 bridgehead atoms. The number of aromatic nitrogens is 1. The second-order valence-electron chi connectivity index (χ2n) is 3.98. The van der Waals surface area contributed by atoms with Gasteiger partial charge in [-0.1, -0.05) is 0 Å². The minimum Gasteiger partial charge on any atom is -0.477 e. The highest BCUT2D eigenvalue weighted by Crippen LogP contribution is 2.23. The van der Waals surface area contributed by atoms with E-state index in [2.05, 4.69) is 10.3 Å². The van der Waals surface area contributed by atoms with Crippen molar-refractivity contribution in [1.82, 2.24) is 10.3 Å². The lowest BCUT2D eigenvalue weighted by molar-refractivity contribution is 0.0701. The topological polar surface area (TPSA) is 79.3 Å². The van der Waals surface area contributed by atoms with Crippen LogP contribution in [0, 0.1) is 6.92 Å². The van der Waals surface area contributed by atoms with Gasteiger partial charge >= 0.3 is 5.97 Å². The Hall–Kier alpha value is -1.73. The third-order valence-electron chi connectivity index (χ3n) is 2.51. The van der Waals surface area contributed by atoms with Gasteiger partial charge in [0, 0.05) is 5.38 Å². The standard InChI is InChI=1S/C12H12N2O3S2/c1-6-9(12(16)17)19-11(14-6)7(2)13-10(15)8-3-4-18-5-8/h3-5,7H,1-2H3,(H,13,15)(H,16,17). The molecule has 0 aliphatic rings. The number of carbonyl (C=O) groups excluding carboxylic acids is 1. The largest absolute Gasteiger partial charge is 0.477 e. The van der Waals surface area contributed by atoms with Crippen LogP contribution in [0.5, 0.6) is 0 Å². The Morgan fingerprint density at radius 3 is 2.74 bits per heavy atom. The zero-order valence-electron chi connectivity index (χ0n) is 10.3. The zero-order chi connectivity index (χ0) is 14.0. The van der Waals surface area contributed by atoms with E-state index >= 15 is 0 Å². The third kappa shape index (κ3) is 2.99. The molecule has 1 atom stereocenters. The first-order valence-electron chi connectivity index (χ1n) is 5.52. The summed E-state index contributed by atoms with van der Waals surface area (Å²) in [7, 11) is 0. The van der Waals surface area contributed by atoms with Crippen LogP contribution < -0.4 is 5.32 Å². The van der Waals surface area contributed by atoms with Crippen LogP contribution in [-0.2, 0) is 0 Å². The molecule has 0 aliphatic carbocycles. The summed E-state index contributed by atoms with van der Waals surface area (Å²) in [4.78, 5) is 27.2. The lowest BCUT2D eigenvalue weighted by Crippen LogP contribution is -2.26. The van der Waals surface area contributed by atoms with Crippen LogP contribution in [0.1, 0.15) is 43.7 Å². The molecule has 5 nitrogen and oxygen atoms in total. The van der Waals surface area contributed by atoms with Gasteiger partial charge in [0.25, 0.3) is 5.91 Å². The van der Waals surface area contributed by atoms with Crippen LogP contribution in [0.15, 0.2) is 16.8 Å². The van der Waals surface area contributed by atoms with E-state index in [-0.39, 0.29) is 16.8 Å². The van der Waals surface area contributed by atoms with Gasteiger partial charge in [0.2, 0.25) is 0 Å². The summed E-state index contributed by atoms with van der Waals surface area (Å²) in [6, 6.07) is 1.42. The van der Waals surface area contributed by atoms with Gasteiger partial charge in [-0.2, -0.15) is 11.3 Å². The number of nitrogens with one attached hydrogen (secondary N) is 1. The van der Waals surface area contributed by atoms with Crippen LogP contribution in [0.2, 0.25) is 0 Å². The molecule has 2 rings (SSSR count). The molecule has 0 spiro atoms. The van der Waals surface area contributed by atoms with E-state index in [4.69, 9.17) is 5.11 Å². The number of carbonyl (C=O) groups is 2. The minimum atomic E-state index is -0.988. The summed E-state index contributed by atoms with van der Waals surface area (Å²) in [6.07, 6.45) is 0. The summed E-state index contributed by atoms with van der Waals surface area (Å²) >= 11 is 2.54. The number of aryl methyl sites for hydroxylation is 1. The van der Waals surface area contributed by atoms with Crippen molar-refractivity contribution < 1.29 is 14.7 Å². The Morgan fingerprint density at radius 1 is 1.47 bits per heavy atom. The van der Waals surface area contributed by atoms with Gasteiger partial charge in [-0.3, -0.25) is 4.79 Å². The lowest BCUT2D eigenvalue weighted by Gasteiger charge is -2.10. The van der Waals surface area contributed by atoms with Gasteiger partial charge in [0.05, 0.1) is 17.3 Å². The van der Waals surface area contributed by atoms with E-state index in [0.29, 0.717) is 16.3 Å². The molecule has 0 aliphatic heterocycles. The van der Waals surface area contributed by atoms with Gasteiger partial charge in [-0.25, -0.2) is 9.78 Å². The van der Waals surface area contributed by atoms with Gasteiger partial charge in [0.15, 0.2) is 0 Å². The molecule has 2 heterocycles. The Kier molecular flexibility index (Phi) is 3.96. The van der Waals surface area contributed by atoms with Crippen molar-refractivity contribution in [3.8, 4) is 0 Å². The summed E-state index contributed by atoms with van der Waals surface area (Å²) in [5.74, 6) is -1.17. The normalized spacial score (nSPS) is 12.1. The van der Waals surface area contributed by atoms with Crippen molar-refractivity contribution in [3.63, 3.8) is 0 Å². The molecule has 2 aromatic rings. The Labute approximate surface area is 117 Å². The number of thiophene rings is 1. The van der Waals surface area contributed by atoms with Crippen molar-refractivity contribution in [3.05, 3.63) is 38.0 Å². The number of amides is 1. The summed E-state index contributed by atoms with van der Waals surface area (Å²) in [6.45, 7) is 3.44. The first-order valence-corrected chi connectivity index (χ1v) is 7.28. The number of hydrogen-bond acceptors (Lipinski definition) is 5. The van der Waals surface area contributed by atoms with E-state index in [9.17, 15) is 9.59 Å². The molecule has 1 amide bonds. The lowest BCUT2D eigenvalue weighted by atomic mass is 10.3. The van der Waals surface area contributed by atoms with E-state index in [0.717, 1.165) is 11.3 Å². The highest BCUT2D eigenvalue weighted by Gasteiger charge is 2.19. The summed E-state index contributed by atoms with van der Waals surface area (Å²) < 4.78 is 0. The maximum absolute atomic E-state index is 11.9. The molecule has 1 unspecified atom stereocenters. The predicted molar refractivity (Wildman–Crippen MR) is 74.0 cm³/mol. The smallest absolute Gasteiger partial charge is 0.347 e. The maximum Gasteiger partial charge on any atom is 0.347 e. The number of thiazole rings is 1. The highest BCUT2D eigenvalue weighted by atomic mass is 32.1. The second-order valence-corrected chi connectivity index (χ2v) is 5.79. The van der Waals surface area contributed by atoms with Gasteiger partial charge in [-0.15, -0.1) is 11.3 Å². The van der Waals surface area contributed by atoms with E-state index < -0.39 is 5.97 Å². The Balaban J connectivity index is 2.12. The average Bonchev–Trinajstić information content (AvgIpc) is 2.96. The first-order chi connectivity index (χ1) is 8.99. The quantitative estimate of drug-likeness (QED) is 0.909. The predicted octanol–water partition coefficient (Wildman–Crippen LogP) is 2.70. The van der Waals surface area contributed by atoms with Crippen molar-refractivity contribution in [2.75, 3.05) is 0 Å². The summed E-state index contributed by atoms with van der Waals surface area (Å²) in [5.41, 5.74) is 1.08. The number of nitrogens with zero attached hydrogens (tertiary/aromatic N) is 1. The number of rotatable bonds is 4. The Bertz CT molecular complexity index is 605. The fraction of sp³-hybridized carbons (Fsp3) is 0.250. The van der Waals surface area contributed by atoms with Crippen molar-refractivity contribution in [2.45, 2.75) is 19.9 Å². The Morgan fingerprint density at radius 2 is 2.21 bits per heavy atom. The SMILES string of the molecule is Cc1nc(C(C)NC(=O)c2ccsc2)sc1C(=O)O.